The molecule has 0 saturated carbocycles. The number of para-hydroxylation sites is 1. The first-order chi connectivity index (χ1) is 9.26. The molecule has 2 rings (SSSR count). The predicted octanol–water partition coefficient (Wildman–Crippen LogP) is 1.37. The van der Waals surface area contributed by atoms with Gasteiger partial charge in [0.15, 0.2) is 0 Å². The van der Waals surface area contributed by atoms with Crippen LogP contribution in [0.25, 0.3) is 5.69 Å². The zero-order valence-corrected chi connectivity index (χ0v) is 10.8. The molecule has 0 aliphatic carbocycles. The Labute approximate surface area is 111 Å². The molecule has 1 aromatic carbocycles. The maximum atomic E-state index is 12.1. The molecule has 0 bridgehead atoms. The van der Waals surface area contributed by atoms with Crippen molar-refractivity contribution < 1.29 is 9.90 Å². The zero-order chi connectivity index (χ0) is 13.7. The fraction of sp³-hybridized carbons (Fsp3) is 0.286. The van der Waals surface area contributed by atoms with E-state index in [1.165, 1.54) is 6.20 Å². The number of rotatable bonds is 5. The molecule has 0 saturated heterocycles. The fourth-order valence-electron chi connectivity index (χ4n) is 1.79. The maximum absolute atomic E-state index is 12.1. The maximum Gasteiger partial charge on any atom is 0.270 e. The van der Waals surface area contributed by atoms with Crippen LogP contribution in [0.1, 0.15) is 23.8 Å². The summed E-state index contributed by atoms with van der Waals surface area (Å²) < 4.78 is 1.72. The average Bonchev–Trinajstić information content (AvgIpc) is 2.95. The van der Waals surface area contributed by atoms with Crippen LogP contribution < -0.4 is 5.32 Å². The lowest BCUT2D eigenvalue weighted by Gasteiger charge is -2.14. The van der Waals surface area contributed by atoms with Gasteiger partial charge in [0.25, 0.3) is 5.91 Å². The van der Waals surface area contributed by atoms with Gasteiger partial charge >= 0.3 is 0 Å². The predicted molar refractivity (Wildman–Crippen MR) is 72.2 cm³/mol. The largest absolute Gasteiger partial charge is 0.394 e. The third-order valence-electron chi connectivity index (χ3n) is 2.95. The van der Waals surface area contributed by atoms with E-state index >= 15 is 0 Å². The van der Waals surface area contributed by atoms with Crippen LogP contribution in [0.3, 0.4) is 0 Å². The lowest BCUT2D eigenvalue weighted by atomic mass is 10.2. The van der Waals surface area contributed by atoms with Crippen LogP contribution >= 0.6 is 0 Å². The SMILES string of the molecule is CC[C@H](CO)NC(=O)c1cncn1-c1ccccc1. The Hall–Kier alpha value is -2.14. The summed E-state index contributed by atoms with van der Waals surface area (Å²) in [5.41, 5.74) is 1.33. The fourth-order valence-corrected chi connectivity index (χ4v) is 1.79. The summed E-state index contributed by atoms with van der Waals surface area (Å²) in [6.07, 6.45) is 3.80. The minimum Gasteiger partial charge on any atom is -0.394 e. The van der Waals surface area contributed by atoms with E-state index in [-0.39, 0.29) is 18.6 Å². The lowest BCUT2D eigenvalue weighted by Crippen LogP contribution is -2.37. The second-order valence-electron chi connectivity index (χ2n) is 4.25. The van der Waals surface area contributed by atoms with E-state index in [0.717, 1.165) is 5.69 Å². The quantitative estimate of drug-likeness (QED) is 0.852. The van der Waals surface area contributed by atoms with Crippen LogP contribution in [0.15, 0.2) is 42.9 Å². The number of benzene rings is 1. The van der Waals surface area contributed by atoms with Crippen molar-refractivity contribution in [2.24, 2.45) is 0 Å². The highest BCUT2D eigenvalue weighted by atomic mass is 16.3. The number of nitrogens with zero attached hydrogens (tertiary/aromatic N) is 2. The number of aliphatic hydroxyl groups is 1. The lowest BCUT2D eigenvalue weighted by molar-refractivity contribution is 0.0908. The summed E-state index contributed by atoms with van der Waals surface area (Å²) in [6, 6.07) is 9.30. The first-order valence-corrected chi connectivity index (χ1v) is 6.25. The second kappa shape index (κ2) is 6.15. The Morgan fingerprint density at radius 3 is 2.79 bits per heavy atom. The van der Waals surface area contributed by atoms with Gasteiger partial charge in [-0.1, -0.05) is 25.1 Å². The molecule has 1 atom stereocenters. The number of aliphatic hydroxyl groups excluding tert-OH is 1. The van der Waals surface area contributed by atoms with Gasteiger partial charge in [0.05, 0.1) is 25.2 Å². The Bertz CT molecular complexity index is 533. The standard InChI is InChI=1S/C14H17N3O2/c1-2-11(9-18)16-14(19)13-8-15-10-17(13)12-6-4-3-5-7-12/h3-8,10-11,18H,2,9H2,1H3,(H,16,19)/t11-/m1/s1. The van der Waals surface area contributed by atoms with Gasteiger partial charge in [-0.25, -0.2) is 4.98 Å². The van der Waals surface area contributed by atoms with E-state index < -0.39 is 0 Å². The number of imidazole rings is 1. The Balaban J connectivity index is 2.23. The van der Waals surface area contributed by atoms with Crippen LogP contribution in [-0.4, -0.2) is 33.2 Å². The number of hydrogen-bond donors (Lipinski definition) is 2. The molecule has 2 N–H and O–H groups in total. The van der Waals surface area contributed by atoms with Crippen LogP contribution in [0.2, 0.25) is 0 Å². The van der Waals surface area contributed by atoms with Crippen molar-refractivity contribution >= 4 is 5.91 Å². The van der Waals surface area contributed by atoms with Gasteiger partial charge in [-0.2, -0.15) is 0 Å². The monoisotopic (exact) mass is 259 g/mol. The molecule has 19 heavy (non-hydrogen) atoms. The smallest absolute Gasteiger partial charge is 0.270 e. The van der Waals surface area contributed by atoms with E-state index in [0.29, 0.717) is 12.1 Å². The summed E-state index contributed by atoms with van der Waals surface area (Å²) in [5, 5.41) is 11.9. The molecule has 1 aromatic heterocycles. The Morgan fingerprint density at radius 2 is 2.16 bits per heavy atom. The van der Waals surface area contributed by atoms with Crippen molar-refractivity contribution in [3.63, 3.8) is 0 Å². The molecule has 0 spiro atoms. The third kappa shape index (κ3) is 3.00. The highest BCUT2D eigenvalue weighted by Crippen LogP contribution is 2.10. The van der Waals surface area contributed by atoms with Gasteiger partial charge in [0.1, 0.15) is 5.69 Å². The molecule has 5 heteroatoms. The number of nitrogens with one attached hydrogen (secondary N) is 1. The van der Waals surface area contributed by atoms with Gasteiger partial charge < -0.3 is 10.4 Å². The normalized spacial score (nSPS) is 12.1. The molecule has 0 unspecified atom stereocenters. The van der Waals surface area contributed by atoms with Crippen molar-refractivity contribution in [3.05, 3.63) is 48.5 Å². The second-order valence-corrected chi connectivity index (χ2v) is 4.25. The van der Waals surface area contributed by atoms with Crippen LogP contribution in [-0.2, 0) is 0 Å². The molecule has 0 aliphatic heterocycles. The van der Waals surface area contributed by atoms with Crippen molar-refractivity contribution in [1.29, 1.82) is 0 Å². The van der Waals surface area contributed by atoms with Gasteiger partial charge in [0, 0.05) is 5.69 Å². The minimum absolute atomic E-state index is 0.0677. The molecule has 100 valence electrons. The first kappa shape index (κ1) is 13.3. The minimum atomic E-state index is -0.234. The number of carbonyl (C=O) groups excluding carboxylic acids is 1. The van der Waals surface area contributed by atoms with Crippen molar-refractivity contribution in [2.45, 2.75) is 19.4 Å². The summed E-state index contributed by atoms with van der Waals surface area (Å²) in [5.74, 6) is -0.234. The number of hydrogen-bond acceptors (Lipinski definition) is 3. The summed E-state index contributed by atoms with van der Waals surface area (Å²) in [4.78, 5) is 16.2. The van der Waals surface area contributed by atoms with E-state index in [4.69, 9.17) is 5.11 Å². The Morgan fingerprint density at radius 1 is 1.42 bits per heavy atom. The van der Waals surface area contributed by atoms with Crippen molar-refractivity contribution in [3.8, 4) is 5.69 Å². The molecule has 1 heterocycles. The highest BCUT2D eigenvalue weighted by molar-refractivity contribution is 5.93. The molecule has 0 fully saturated rings. The molecule has 0 aliphatic rings. The van der Waals surface area contributed by atoms with Gasteiger partial charge in [-0.05, 0) is 18.6 Å². The topological polar surface area (TPSA) is 67.2 Å². The molecule has 5 nitrogen and oxygen atoms in total. The summed E-state index contributed by atoms with van der Waals surface area (Å²) in [6.45, 7) is 1.84. The van der Waals surface area contributed by atoms with Crippen LogP contribution in [0.4, 0.5) is 0 Å². The Kier molecular flexibility index (Phi) is 4.30. The summed E-state index contributed by atoms with van der Waals surface area (Å²) >= 11 is 0. The summed E-state index contributed by atoms with van der Waals surface area (Å²) in [7, 11) is 0. The van der Waals surface area contributed by atoms with Crippen molar-refractivity contribution in [2.75, 3.05) is 6.61 Å². The number of amides is 1. The molecule has 1 amide bonds. The third-order valence-corrected chi connectivity index (χ3v) is 2.95. The molecule has 0 radical (unpaired) electrons. The van der Waals surface area contributed by atoms with Crippen LogP contribution in [0.5, 0.6) is 0 Å². The van der Waals surface area contributed by atoms with Gasteiger partial charge in [0.2, 0.25) is 0 Å². The van der Waals surface area contributed by atoms with E-state index in [1.807, 2.05) is 37.3 Å². The van der Waals surface area contributed by atoms with E-state index in [2.05, 4.69) is 10.3 Å². The van der Waals surface area contributed by atoms with E-state index in [1.54, 1.807) is 10.9 Å². The molecule has 2 aromatic rings. The molecular formula is C14H17N3O2. The highest BCUT2D eigenvalue weighted by Gasteiger charge is 2.15. The van der Waals surface area contributed by atoms with E-state index in [9.17, 15) is 4.79 Å². The first-order valence-electron chi connectivity index (χ1n) is 6.25. The van der Waals surface area contributed by atoms with Gasteiger partial charge in [-0.15, -0.1) is 0 Å². The van der Waals surface area contributed by atoms with Crippen LogP contribution in [0, 0.1) is 0 Å². The molecular weight excluding hydrogens is 242 g/mol. The number of aromatic nitrogens is 2. The zero-order valence-electron chi connectivity index (χ0n) is 10.8. The average molecular weight is 259 g/mol. The van der Waals surface area contributed by atoms with Gasteiger partial charge in [-0.3, -0.25) is 9.36 Å². The van der Waals surface area contributed by atoms with Crippen molar-refractivity contribution in [1.82, 2.24) is 14.9 Å². The number of carbonyl (C=O) groups is 1.